The molecule has 3 atom stereocenters. The Morgan fingerprint density at radius 2 is 2.10 bits per heavy atom. The first kappa shape index (κ1) is 15.9. The number of ether oxygens (including phenoxy) is 1. The van der Waals surface area contributed by atoms with Crippen LogP contribution in [0.5, 0.6) is 0 Å². The van der Waals surface area contributed by atoms with Gasteiger partial charge in [-0.15, -0.1) is 0 Å². The Hall–Kier alpha value is -1.46. The second kappa shape index (κ2) is 7.52. The van der Waals surface area contributed by atoms with Crippen LogP contribution < -0.4 is 10.6 Å². The molecule has 1 amide bonds. The van der Waals surface area contributed by atoms with Crippen LogP contribution in [0.3, 0.4) is 0 Å². The summed E-state index contributed by atoms with van der Waals surface area (Å²) in [4.78, 5) is 12.3. The van der Waals surface area contributed by atoms with Crippen molar-refractivity contribution in [3.8, 4) is 0 Å². The number of amides is 1. The van der Waals surface area contributed by atoms with Crippen LogP contribution in [0.2, 0.25) is 0 Å². The summed E-state index contributed by atoms with van der Waals surface area (Å²) in [5, 5.41) is 6.30. The summed E-state index contributed by atoms with van der Waals surface area (Å²) in [6.45, 7) is 5.84. The molecule has 0 bridgehead atoms. The van der Waals surface area contributed by atoms with E-state index in [1.165, 1.54) is 12.1 Å². The van der Waals surface area contributed by atoms with E-state index in [9.17, 15) is 9.18 Å². The highest BCUT2D eigenvalue weighted by Crippen LogP contribution is 2.14. The van der Waals surface area contributed by atoms with Crippen LogP contribution >= 0.6 is 0 Å². The number of hydrogen-bond donors (Lipinski definition) is 2. The molecule has 116 valence electrons. The van der Waals surface area contributed by atoms with Gasteiger partial charge >= 0.3 is 0 Å². The van der Waals surface area contributed by atoms with Gasteiger partial charge in [-0.1, -0.05) is 19.1 Å². The summed E-state index contributed by atoms with van der Waals surface area (Å²) in [5.41, 5.74) is 1.01. The summed E-state index contributed by atoms with van der Waals surface area (Å²) < 4.78 is 18.3. The zero-order valence-electron chi connectivity index (χ0n) is 12.6. The molecule has 2 N–H and O–H groups in total. The Labute approximate surface area is 125 Å². The highest BCUT2D eigenvalue weighted by atomic mass is 19.1. The Balaban J connectivity index is 1.85. The second-order valence-corrected chi connectivity index (χ2v) is 5.55. The zero-order chi connectivity index (χ0) is 15.2. The fourth-order valence-corrected chi connectivity index (χ4v) is 2.65. The number of carbonyl (C=O) groups excluding carboxylic acids is 1. The minimum atomic E-state index is -0.243. The second-order valence-electron chi connectivity index (χ2n) is 5.55. The minimum Gasteiger partial charge on any atom is -0.379 e. The first-order chi connectivity index (χ1) is 10.1. The van der Waals surface area contributed by atoms with Gasteiger partial charge in [0.05, 0.1) is 19.1 Å². The summed E-state index contributed by atoms with van der Waals surface area (Å²) in [6.07, 6.45) is 0.686. The van der Waals surface area contributed by atoms with Crippen molar-refractivity contribution in [2.45, 2.75) is 32.4 Å². The molecule has 0 spiro atoms. The molecule has 4 nitrogen and oxygen atoms in total. The van der Waals surface area contributed by atoms with Crippen molar-refractivity contribution in [1.82, 2.24) is 10.6 Å². The molecule has 1 aliphatic heterocycles. The number of likely N-dealkylation sites (N-methyl/N-ethyl adjacent to an activating group) is 1. The molecule has 1 fully saturated rings. The van der Waals surface area contributed by atoms with E-state index in [0.717, 1.165) is 12.1 Å². The standard InChI is InChI=1S/C16H23FN2O2/c1-3-18-15-10-21-9-14(15)16(20)19-11(2)8-12-4-6-13(17)7-5-12/h4-7,11,14-15,18H,3,8-10H2,1-2H3,(H,19,20). The summed E-state index contributed by atoms with van der Waals surface area (Å²) in [5.74, 6) is -0.360. The number of carbonyl (C=O) groups is 1. The summed E-state index contributed by atoms with van der Waals surface area (Å²) >= 11 is 0. The molecule has 1 aromatic carbocycles. The van der Waals surface area contributed by atoms with Gasteiger partial charge < -0.3 is 15.4 Å². The van der Waals surface area contributed by atoms with Gasteiger partial charge in [-0.25, -0.2) is 4.39 Å². The maximum absolute atomic E-state index is 12.9. The molecule has 5 heteroatoms. The quantitative estimate of drug-likeness (QED) is 0.836. The fraction of sp³-hybridized carbons (Fsp3) is 0.562. The van der Waals surface area contributed by atoms with E-state index in [-0.39, 0.29) is 29.7 Å². The van der Waals surface area contributed by atoms with Crippen LogP contribution in [0.15, 0.2) is 24.3 Å². The molecule has 1 aliphatic rings. The zero-order valence-corrected chi connectivity index (χ0v) is 12.6. The van der Waals surface area contributed by atoms with Crippen LogP contribution in [0.25, 0.3) is 0 Å². The van der Waals surface area contributed by atoms with Crippen LogP contribution in [0.4, 0.5) is 4.39 Å². The third kappa shape index (κ3) is 4.51. The number of rotatable bonds is 6. The maximum atomic E-state index is 12.9. The van der Waals surface area contributed by atoms with E-state index < -0.39 is 0 Å². The van der Waals surface area contributed by atoms with Crippen molar-refractivity contribution in [3.05, 3.63) is 35.6 Å². The van der Waals surface area contributed by atoms with Crippen molar-refractivity contribution < 1.29 is 13.9 Å². The number of halogens is 1. The molecule has 3 unspecified atom stereocenters. The van der Waals surface area contributed by atoms with Gasteiger partial charge in [0.1, 0.15) is 5.82 Å². The summed E-state index contributed by atoms with van der Waals surface area (Å²) in [7, 11) is 0. The topological polar surface area (TPSA) is 50.4 Å². The molecule has 0 radical (unpaired) electrons. The molecular weight excluding hydrogens is 271 g/mol. The van der Waals surface area contributed by atoms with Crippen molar-refractivity contribution in [2.24, 2.45) is 5.92 Å². The molecule has 2 rings (SSSR count). The smallest absolute Gasteiger partial charge is 0.227 e. The van der Waals surface area contributed by atoms with Gasteiger partial charge in [-0.05, 0) is 37.6 Å². The van der Waals surface area contributed by atoms with E-state index in [0.29, 0.717) is 19.6 Å². The van der Waals surface area contributed by atoms with E-state index >= 15 is 0 Å². The van der Waals surface area contributed by atoms with Gasteiger partial charge in [-0.3, -0.25) is 4.79 Å². The van der Waals surface area contributed by atoms with E-state index in [4.69, 9.17) is 4.74 Å². The average Bonchev–Trinajstić information content (AvgIpc) is 2.90. The van der Waals surface area contributed by atoms with Gasteiger partial charge in [0.25, 0.3) is 0 Å². The van der Waals surface area contributed by atoms with Gasteiger partial charge in [0.15, 0.2) is 0 Å². The largest absolute Gasteiger partial charge is 0.379 e. The van der Waals surface area contributed by atoms with Crippen molar-refractivity contribution in [2.75, 3.05) is 19.8 Å². The van der Waals surface area contributed by atoms with Crippen molar-refractivity contribution in [3.63, 3.8) is 0 Å². The molecular formula is C16H23FN2O2. The van der Waals surface area contributed by atoms with E-state index in [1.54, 1.807) is 12.1 Å². The lowest BCUT2D eigenvalue weighted by Gasteiger charge is -2.21. The predicted molar refractivity (Wildman–Crippen MR) is 79.5 cm³/mol. The van der Waals surface area contributed by atoms with Crippen LogP contribution in [-0.2, 0) is 16.0 Å². The lowest BCUT2D eigenvalue weighted by molar-refractivity contribution is -0.126. The van der Waals surface area contributed by atoms with Crippen LogP contribution in [0, 0.1) is 11.7 Å². The molecule has 1 heterocycles. The molecule has 0 saturated carbocycles. The third-order valence-electron chi connectivity index (χ3n) is 3.73. The molecule has 0 aliphatic carbocycles. The Bertz CT molecular complexity index is 464. The minimum absolute atomic E-state index is 0.00541. The highest BCUT2D eigenvalue weighted by molar-refractivity contribution is 5.80. The first-order valence-electron chi connectivity index (χ1n) is 7.46. The monoisotopic (exact) mass is 294 g/mol. The van der Waals surface area contributed by atoms with Crippen molar-refractivity contribution in [1.29, 1.82) is 0 Å². The Morgan fingerprint density at radius 3 is 2.76 bits per heavy atom. The molecule has 1 saturated heterocycles. The molecule has 21 heavy (non-hydrogen) atoms. The maximum Gasteiger partial charge on any atom is 0.227 e. The normalized spacial score (nSPS) is 23.0. The summed E-state index contributed by atoms with van der Waals surface area (Å²) in [6, 6.07) is 6.47. The average molecular weight is 294 g/mol. The van der Waals surface area contributed by atoms with Crippen molar-refractivity contribution >= 4 is 5.91 Å². The van der Waals surface area contributed by atoms with Crippen LogP contribution in [-0.4, -0.2) is 37.7 Å². The molecule has 0 aromatic heterocycles. The first-order valence-corrected chi connectivity index (χ1v) is 7.46. The van der Waals surface area contributed by atoms with Gasteiger partial charge in [0.2, 0.25) is 5.91 Å². The highest BCUT2D eigenvalue weighted by Gasteiger charge is 2.33. The number of hydrogen-bond acceptors (Lipinski definition) is 3. The van der Waals surface area contributed by atoms with E-state index in [1.807, 2.05) is 13.8 Å². The Morgan fingerprint density at radius 1 is 1.38 bits per heavy atom. The number of benzene rings is 1. The predicted octanol–water partition coefficient (Wildman–Crippen LogP) is 1.50. The lowest BCUT2D eigenvalue weighted by atomic mass is 10.0. The fourth-order valence-electron chi connectivity index (χ4n) is 2.65. The Kier molecular flexibility index (Phi) is 5.70. The van der Waals surface area contributed by atoms with E-state index in [2.05, 4.69) is 10.6 Å². The number of nitrogens with one attached hydrogen (secondary N) is 2. The SMILES string of the molecule is CCNC1COCC1C(=O)NC(C)Cc1ccc(F)cc1. The van der Waals surface area contributed by atoms with Gasteiger partial charge in [0, 0.05) is 12.1 Å². The lowest BCUT2D eigenvalue weighted by Crippen LogP contribution is -2.46. The van der Waals surface area contributed by atoms with Gasteiger partial charge in [-0.2, -0.15) is 0 Å². The third-order valence-corrected chi connectivity index (χ3v) is 3.73. The van der Waals surface area contributed by atoms with Crippen LogP contribution in [0.1, 0.15) is 19.4 Å². The molecule has 1 aromatic rings.